The normalized spacial score (nSPS) is 10.8. The lowest BCUT2D eigenvalue weighted by atomic mass is 10.4. The maximum absolute atomic E-state index is 5.77. The van der Waals surface area contributed by atoms with E-state index in [4.69, 9.17) is 10.3 Å². The fraction of sp³-hybridized carbons (Fsp3) is 0. The van der Waals surface area contributed by atoms with Crippen molar-refractivity contribution in [1.82, 2.24) is 15.1 Å². The number of aromatic nitrogens is 3. The van der Waals surface area contributed by atoms with E-state index in [0.717, 1.165) is 9.75 Å². The van der Waals surface area contributed by atoms with Crippen molar-refractivity contribution in [2.75, 3.05) is 5.73 Å². The third-order valence-electron chi connectivity index (χ3n) is 1.97. The summed E-state index contributed by atoms with van der Waals surface area (Å²) >= 11 is 2.95. The van der Waals surface area contributed by atoms with Crippen molar-refractivity contribution in [3.05, 3.63) is 23.2 Å². The standard InChI is InChI=1S/C9H6N4OS2/c10-5-1-2-15-7(5)9-12-8(13-14-9)6-3-11-4-16-6/h1-4H,10H2. The van der Waals surface area contributed by atoms with Crippen LogP contribution in [0.25, 0.3) is 21.5 Å². The molecule has 7 heteroatoms. The van der Waals surface area contributed by atoms with Gasteiger partial charge < -0.3 is 10.3 Å². The van der Waals surface area contributed by atoms with Crippen molar-refractivity contribution in [2.24, 2.45) is 0 Å². The largest absolute Gasteiger partial charge is 0.397 e. The average molecular weight is 250 g/mol. The molecular weight excluding hydrogens is 244 g/mol. The smallest absolute Gasteiger partial charge is 0.270 e. The number of thiazole rings is 1. The van der Waals surface area contributed by atoms with Gasteiger partial charge in [0.15, 0.2) is 0 Å². The molecule has 16 heavy (non-hydrogen) atoms. The predicted molar refractivity (Wildman–Crippen MR) is 63.1 cm³/mol. The number of thiophene rings is 1. The van der Waals surface area contributed by atoms with E-state index in [0.29, 0.717) is 17.4 Å². The summed E-state index contributed by atoms with van der Waals surface area (Å²) in [5.41, 5.74) is 8.16. The van der Waals surface area contributed by atoms with Gasteiger partial charge in [-0.25, -0.2) is 0 Å². The molecule has 0 atom stereocenters. The third kappa shape index (κ3) is 1.50. The molecule has 0 aliphatic carbocycles. The van der Waals surface area contributed by atoms with Gasteiger partial charge in [0.25, 0.3) is 5.89 Å². The summed E-state index contributed by atoms with van der Waals surface area (Å²) in [5, 5.41) is 5.78. The second-order valence-corrected chi connectivity index (χ2v) is 4.80. The van der Waals surface area contributed by atoms with E-state index in [-0.39, 0.29) is 0 Å². The summed E-state index contributed by atoms with van der Waals surface area (Å²) in [6.07, 6.45) is 1.71. The van der Waals surface area contributed by atoms with Gasteiger partial charge in [0.05, 0.1) is 16.1 Å². The van der Waals surface area contributed by atoms with Gasteiger partial charge in [-0.1, -0.05) is 5.16 Å². The monoisotopic (exact) mass is 250 g/mol. The van der Waals surface area contributed by atoms with Crippen LogP contribution in [-0.4, -0.2) is 15.1 Å². The molecular formula is C9H6N4OS2. The Morgan fingerprint density at radius 2 is 2.25 bits per heavy atom. The molecule has 0 spiro atoms. The Bertz CT molecular complexity index is 599. The first-order chi connectivity index (χ1) is 7.84. The molecule has 2 N–H and O–H groups in total. The van der Waals surface area contributed by atoms with Crippen LogP contribution in [0.5, 0.6) is 0 Å². The van der Waals surface area contributed by atoms with Crippen molar-refractivity contribution < 1.29 is 4.52 Å². The number of nitrogens with two attached hydrogens (primary N) is 1. The van der Waals surface area contributed by atoms with E-state index in [1.807, 2.05) is 11.4 Å². The molecule has 0 unspecified atom stereocenters. The highest BCUT2D eigenvalue weighted by Gasteiger charge is 2.14. The highest BCUT2D eigenvalue weighted by atomic mass is 32.1. The van der Waals surface area contributed by atoms with Gasteiger partial charge in [-0.2, -0.15) is 4.98 Å². The molecule has 0 saturated heterocycles. The van der Waals surface area contributed by atoms with Gasteiger partial charge in [-0.15, -0.1) is 22.7 Å². The number of anilines is 1. The molecule has 80 valence electrons. The Morgan fingerprint density at radius 1 is 1.31 bits per heavy atom. The second-order valence-electron chi connectivity index (χ2n) is 2.99. The summed E-state index contributed by atoms with van der Waals surface area (Å²) in [7, 11) is 0. The second kappa shape index (κ2) is 3.69. The summed E-state index contributed by atoms with van der Waals surface area (Å²) < 4.78 is 5.16. The summed E-state index contributed by atoms with van der Waals surface area (Å²) in [5.74, 6) is 1.00. The van der Waals surface area contributed by atoms with Crippen molar-refractivity contribution in [3.8, 4) is 21.5 Å². The summed E-state index contributed by atoms with van der Waals surface area (Å²) in [4.78, 5) is 9.93. The molecule has 0 aromatic carbocycles. The molecule has 0 fully saturated rings. The van der Waals surface area contributed by atoms with Gasteiger partial charge in [0.1, 0.15) is 4.88 Å². The number of rotatable bonds is 2. The minimum absolute atomic E-state index is 0.455. The molecule has 3 heterocycles. The SMILES string of the molecule is Nc1ccsc1-c1nc(-c2cncs2)no1. The first-order valence-electron chi connectivity index (χ1n) is 4.40. The maximum atomic E-state index is 5.77. The van der Waals surface area contributed by atoms with Crippen LogP contribution >= 0.6 is 22.7 Å². The number of nitrogen functional groups attached to an aromatic ring is 1. The summed E-state index contributed by atoms with van der Waals surface area (Å²) in [6, 6.07) is 1.82. The van der Waals surface area contributed by atoms with E-state index in [2.05, 4.69) is 15.1 Å². The molecule has 5 nitrogen and oxygen atoms in total. The lowest BCUT2D eigenvalue weighted by Crippen LogP contribution is -1.83. The highest BCUT2D eigenvalue weighted by molar-refractivity contribution is 7.14. The van der Waals surface area contributed by atoms with Crippen LogP contribution in [0, 0.1) is 0 Å². The fourth-order valence-electron chi connectivity index (χ4n) is 1.23. The van der Waals surface area contributed by atoms with E-state index in [1.165, 1.54) is 22.7 Å². The van der Waals surface area contributed by atoms with Crippen molar-refractivity contribution in [2.45, 2.75) is 0 Å². The van der Waals surface area contributed by atoms with E-state index >= 15 is 0 Å². The van der Waals surface area contributed by atoms with E-state index < -0.39 is 0 Å². The zero-order valence-electron chi connectivity index (χ0n) is 7.95. The Hall–Kier alpha value is -1.73. The number of hydrogen-bond acceptors (Lipinski definition) is 7. The third-order valence-corrected chi connectivity index (χ3v) is 3.66. The topological polar surface area (TPSA) is 77.8 Å². The molecule has 3 aromatic rings. The van der Waals surface area contributed by atoms with Crippen LogP contribution in [0.3, 0.4) is 0 Å². The van der Waals surface area contributed by atoms with Gasteiger partial charge in [-0.05, 0) is 11.4 Å². The Labute approximate surface area is 98.6 Å². The number of nitrogens with zero attached hydrogens (tertiary/aromatic N) is 3. The first kappa shape index (κ1) is 9.49. The van der Waals surface area contributed by atoms with Crippen LogP contribution in [0.15, 0.2) is 27.7 Å². The van der Waals surface area contributed by atoms with Gasteiger partial charge in [0, 0.05) is 6.20 Å². The Balaban J connectivity index is 2.03. The first-order valence-corrected chi connectivity index (χ1v) is 6.16. The van der Waals surface area contributed by atoms with E-state index in [1.54, 1.807) is 11.7 Å². The van der Waals surface area contributed by atoms with E-state index in [9.17, 15) is 0 Å². The minimum atomic E-state index is 0.455. The molecule has 0 saturated carbocycles. The lowest BCUT2D eigenvalue weighted by Gasteiger charge is -1.88. The molecule has 0 amide bonds. The Kier molecular flexibility index (Phi) is 2.19. The van der Waals surface area contributed by atoms with Crippen LogP contribution < -0.4 is 5.73 Å². The summed E-state index contributed by atoms with van der Waals surface area (Å²) in [6.45, 7) is 0. The van der Waals surface area contributed by atoms with Crippen molar-refractivity contribution >= 4 is 28.4 Å². The van der Waals surface area contributed by atoms with Crippen molar-refractivity contribution in [1.29, 1.82) is 0 Å². The maximum Gasteiger partial charge on any atom is 0.270 e. The zero-order chi connectivity index (χ0) is 11.0. The van der Waals surface area contributed by atoms with Crippen LogP contribution in [0.4, 0.5) is 5.69 Å². The molecule has 0 bridgehead atoms. The van der Waals surface area contributed by atoms with Gasteiger partial charge >= 0.3 is 0 Å². The lowest BCUT2D eigenvalue weighted by molar-refractivity contribution is 0.433. The fourth-order valence-corrected chi connectivity index (χ4v) is 2.52. The average Bonchev–Trinajstić information content (AvgIpc) is 2.96. The van der Waals surface area contributed by atoms with Gasteiger partial charge in [0.2, 0.25) is 5.82 Å². The van der Waals surface area contributed by atoms with Crippen molar-refractivity contribution in [3.63, 3.8) is 0 Å². The van der Waals surface area contributed by atoms with Crippen LogP contribution in [-0.2, 0) is 0 Å². The van der Waals surface area contributed by atoms with Crippen LogP contribution in [0.2, 0.25) is 0 Å². The molecule has 3 rings (SSSR count). The Morgan fingerprint density at radius 3 is 2.94 bits per heavy atom. The molecule has 0 radical (unpaired) electrons. The predicted octanol–water partition coefficient (Wildman–Crippen LogP) is 2.50. The zero-order valence-corrected chi connectivity index (χ0v) is 9.59. The quantitative estimate of drug-likeness (QED) is 0.756. The highest BCUT2D eigenvalue weighted by Crippen LogP contribution is 2.31. The number of hydrogen-bond donors (Lipinski definition) is 1. The molecule has 3 aromatic heterocycles. The minimum Gasteiger partial charge on any atom is -0.397 e. The van der Waals surface area contributed by atoms with Gasteiger partial charge in [-0.3, -0.25) is 4.98 Å². The van der Waals surface area contributed by atoms with Crippen LogP contribution in [0.1, 0.15) is 0 Å². The molecule has 0 aliphatic heterocycles. The molecule has 0 aliphatic rings.